The molecule has 0 fully saturated rings. The second-order valence-electron chi connectivity index (χ2n) is 4.01. The fraction of sp³-hybridized carbons (Fsp3) is 0.417. The largest absolute Gasteiger partial charge is 0.490 e. The Morgan fingerprint density at radius 2 is 2.00 bits per heavy atom. The molecule has 0 N–H and O–H groups in total. The summed E-state index contributed by atoms with van der Waals surface area (Å²) in [5.41, 5.74) is 0.654. The molecule has 0 aromatic heterocycles. The van der Waals surface area contributed by atoms with Gasteiger partial charge in [-0.25, -0.2) is 0 Å². The van der Waals surface area contributed by atoms with Crippen LogP contribution in [-0.2, 0) is 0 Å². The van der Waals surface area contributed by atoms with Crippen LogP contribution in [0.15, 0.2) is 18.2 Å². The molecular weight excluding hydrogens is 317 g/mol. The molecule has 1 rings (SSSR count). The van der Waals surface area contributed by atoms with Crippen molar-refractivity contribution in [1.82, 2.24) is 4.90 Å². The molecule has 0 spiro atoms. The van der Waals surface area contributed by atoms with E-state index in [2.05, 4.69) is 22.6 Å². The maximum Gasteiger partial charge on any atom is 0.253 e. The number of nitrogens with zero attached hydrogens (tertiary/aromatic N) is 1. The van der Waals surface area contributed by atoms with Crippen LogP contribution in [0.25, 0.3) is 0 Å². The molecule has 0 atom stereocenters. The van der Waals surface area contributed by atoms with Crippen LogP contribution in [-0.4, -0.2) is 31.0 Å². The number of halogens is 1. The molecule has 0 bridgehead atoms. The van der Waals surface area contributed by atoms with Crippen LogP contribution in [0.1, 0.15) is 24.2 Å². The van der Waals surface area contributed by atoms with E-state index >= 15 is 0 Å². The van der Waals surface area contributed by atoms with Gasteiger partial charge < -0.3 is 9.64 Å². The van der Waals surface area contributed by atoms with Crippen molar-refractivity contribution in [2.45, 2.75) is 20.0 Å². The van der Waals surface area contributed by atoms with Crippen molar-refractivity contribution in [3.8, 4) is 5.75 Å². The number of amides is 1. The number of benzene rings is 1. The van der Waals surface area contributed by atoms with E-state index in [0.717, 1.165) is 9.32 Å². The first kappa shape index (κ1) is 13.3. The molecule has 3 nitrogen and oxygen atoms in total. The normalized spacial score (nSPS) is 10.4. The standard InChI is InChI=1S/C12H16INO2/c1-8(2)16-11-7-9(5-6-10(11)13)12(15)14(3)4/h5-8H,1-4H3. The van der Waals surface area contributed by atoms with Crippen LogP contribution >= 0.6 is 22.6 Å². The zero-order chi connectivity index (χ0) is 12.3. The average molecular weight is 333 g/mol. The molecule has 0 saturated carbocycles. The predicted octanol–water partition coefficient (Wildman–Crippen LogP) is 2.78. The third-order valence-corrected chi connectivity index (χ3v) is 2.84. The van der Waals surface area contributed by atoms with Gasteiger partial charge in [0.25, 0.3) is 5.91 Å². The number of carbonyl (C=O) groups excluding carboxylic acids is 1. The van der Waals surface area contributed by atoms with Gasteiger partial charge in [-0.1, -0.05) is 0 Å². The average Bonchev–Trinajstić information content (AvgIpc) is 2.19. The first-order chi connectivity index (χ1) is 7.41. The summed E-state index contributed by atoms with van der Waals surface area (Å²) < 4.78 is 6.65. The first-order valence-electron chi connectivity index (χ1n) is 5.09. The van der Waals surface area contributed by atoms with E-state index in [1.807, 2.05) is 26.0 Å². The van der Waals surface area contributed by atoms with Gasteiger partial charge in [0.15, 0.2) is 0 Å². The molecule has 0 aliphatic heterocycles. The SMILES string of the molecule is CC(C)Oc1cc(C(=O)N(C)C)ccc1I. The highest BCUT2D eigenvalue weighted by Gasteiger charge is 2.11. The summed E-state index contributed by atoms with van der Waals surface area (Å²) in [6.07, 6.45) is 0.109. The second-order valence-corrected chi connectivity index (χ2v) is 5.17. The maximum atomic E-state index is 11.8. The molecule has 4 heteroatoms. The fourth-order valence-electron chi connectivity index (χ4n) is 1.24. The van der Waals surface area contributed by atoms with Crippen LogP contribution in [0.5, 0.6) is 5.75 Å². The minimum atomic E-state index is -0.00925. The Bertz CT molecular complexity index is 389. The Morgan fingerprint density at radius 1 is 1.38 bits per heavy atom. The van der Waals surface area contributed by atoms with Crippen molar-refractivity contribution in [3.63, 3.8) is 0 Å². The van der Waals surface area contributed by atoms with Gasteiger partial charge in [-0.2, -0.15) is 0 Å². The summed E-state index contributed by atoms with van der Waals surface area (Å²) in [4.78, 5) is 13.3. The topological polar surface area (TPSA) is 29.5 Å². The predicted molar refractivity (Wildman–Crippen MR) is 72.9 cm³/mol. The van der Waals surface area contributed by atoms with Gasteiger partial charge in [-0.05, 0) is 54.6 Å². The van der Waals surface area contributed by atoms with Gasteiger partial charge in [0.2, 0.25) is 0 Å². The van der Waals surface area contributed by atoms with Gasteiger partial charge >= 0.3 is 0 Å². The third kappa shape index (κ3) is 3.37. The summed E-state index contributed by atoms with van der Waals surface area (Å²) in [6.45, 7) is 3.94. The smallest absolute Gasteiger partial charge is 0.253 e. The van der Waals surface area contributed by atoms with Crippen molar-refractivity contribution < 1.29 is 9.53 Å². The van der Waals surface area contributed by atoms with E-state index in [-0.39, 0.29) is 12.0 Å². The minimum Gasteiger partial charge on any atom is -0.490 e. The van der Waals surface area contributed by atoms with Gasteiger partial charge in [0.1, 0.15) is 5.75 Å². The Labute approximate surface area is 110 Å². The molecule has 0 saturated heterocycles. The zero-order valence-electron chi connectivity index (χ0n) is 9.95. The molecule has 0 aliphatic carbocycles. The van der Waals surface area contributed by atoms with Gasteiger partial charge in [-0.15, -0.1) is 0 Å². The fourth-order valence-corrected chi connectivity index (χ4v) is 1.70. The lowest BCUT2D eigenvalue weighted by atomic mass is 10.2. The summed E-state index contributed by atoms with van der Waals surface area (Å²) in [7, 11) is 3.48. The number of carbonyl (C=O) groups is 1. The Hall–Kier alpha value is -0.780. The number of rotatable bonds is 3. The van der Waals surface area contributed by atoms with Crippen molar-refractivity contribution >= 4 is 28.5 Å². The first-order valence-corrected chi connectivity index (χ1v) is 6.17. The summed E-state index contributed by atoms with van der Waals surface area (Å²) in [5.74, 6) is 0.758. The summed E-state index contributed by atoms with van der Waals surface area (Å²) in [6, 6.07) is 5.51. The van der Waals surface area contributed by atoms with Gasteiger partial charge in [0.05, 0.1) is 9.67 Å². The summed E-state index contributed by atoms with van der Waals surface area (Å²) >= 11 is 2.20. The zero-order valence-corrected chi connectivity index (χ0v) is 12.1. The molecule has 0 heterocycles. The molecule has 88 valence electrons. The molecule has 0 aliphatic rings. The third-order valence-electron chi connectivity index (χ3n) is 1.95. The van der Waals surface area contributed by atoms with E-state index in [9.17, 15) is 4.79 Å². The monoisotopic (exact) mass is 333 g/mol. The number of hydrogen-bond acceptors (Lipinski definition) is 2. The molecular formula is C12H16INO2. The van der Waals surface area contributed by atoms with Crippen LogP contribution < -0.4 is 4.74 Å². The lowest BCUT2D eigenvalue weighted by Gasteiger charge is -2.14. The van der Waals surface area contributed by atoms with Gasteiger partial charge in [0, 0.05) is 19.7 Å². The summed E-state index contributed by atoms with van der Waals surface area (Å²) in [5, 5.41) is 0. The van der Waals surface area contributed by atoms with Crippen LogP contribution in [0, 0.1) is 3.57 Å². The molecule has 1 aromatic rings. The number of ether oxygens (including phenoxy) is 1. The molecule has 1 aromatic carbocycles. The highest BCUT2D eigenvalue weighted by molar-refractivity contribution is 14.1. The lowest BCUT2D eigenvalue weighted by Crippen LogP contribution is -2.21. The van der Waals surface area contributed by atoms with Crippen LogP contribution in [0.3, 0.4) is 0 Å². The molecule has 1 amide bonds. The van der Waals surface area contributed by atoms with Crippen LogP contribution in [0.4, 0.5) is 0 Å². The lowest BCUT2D eigenvalue weighted by molar-refractivity contribution is 0.0827. The highest BCUT2D eigenvalue weighted by atomic mass is 127. The van der Waals surface area contributed by atoms with Gasteiger partial charge in [-0.3, -0.25) is 4.79 Å². The number of hydrogen-bond donors (Lipinski definition) is 0. The molecule has 0 unspecified atom stereocenters. The van der Waals surface area contributed by atoms with E-state index < -0.39 is 0 Å². The molecule has 0 radical (unpaired) electrons. The Morgan fingerprint density at radius 3 is 2.50 bits per heavy atom. The quantitative estimate of drug-likeness (QED) is 0.796. The van der Waals surface area contributed by atoms with Crippen molar-refractivity contribution in [1.29, 1.82) is 0 Å². The second kappa shape index (κ2) is 5.52. The van der Waals surface area contributed by atoms with E-state index in [0.29, 0.717) is 5.56 Å². The molecule has 16 heavy (non-hydrogen) atoms. The van der Waals surface area contributed by atoms with Crippen LogP contribution in [0.2, 0.25) is 0 Å². The van der Waals surface area contributed by atoms with Crippen molar-refractivity contribution in [2.75, 3.05) is 14.1 Å². The minimum absolute atomic E-state index is 0.00925. The van der Waals surface area contributed by atoms with E-state index in [4.69, 9.17) is 4.74 Å². The van der Waals surface area contributed by atoms with Crippen molar-refractivity contribution in [3.05, 3.63) is 27.3 Å². The van der Waals surface area contributed by atoms with E-state index in [1.165, 1.54) is 0 Å². The van der Waals surface area contributed by atoms with E-state index in [1.54, 1.807) is 25.1 Å². The maximum absolute atomic E-state index is 11.8. The van der Waals surface area contributed by atoms with Crippen molar-refractivity contribution in [2.24, 2.45) is 0 Å². The highest BCUT2D eigenvalue weighted by Crippen LogP contribution is 2.23. The Kier molecular flexibility index (Phi) is 4.58. The Balaban J connectivity index is 3.02.